The number of nitriles is 2. The molecule has 0 aromatic heterocycles. The Morgan fingerprint density at radius 1 is 1.17 bits per heavy atom. The first-order valence-electron chi connectivity index (χ1n) is 10.4. The van der Waals surface area contributed by atoms with E-state index < -0.39 is 0 Å². The Labute approximate surface area is 180 Å². The number of nitrogens with one attached hydrogen (secondary N) is 1. The van der Waals surface area contributed by atoms with Crippen molar-refractivity contribution in [2.75, 3.05) is 0 Å². The molecule has 3 fully saturated rings. The van der Waals surface area contributed by atoms with Crippen LogP contribution in [-0.4, -0.2) is 28.9 Å². The minimum atomic E-state index is -0.369. The molecule has 150 valence electrons. The second kappa shape index (κ2) is 7.04. The summed E-state index contributed by atoms with van der Waals surface area (Å²) in [4.78, 5) is 14.8. The molecule has 2 aromatic rings. The number of rotatable bonds is 4. The number of nitrogens with zero attached hydrogens (tertiary/aromatic N) is 3. The fourth-order valence-corrected chi connectivity index (χ4v) is 5.37. The number of halogens is 1. The van der Waals surface area contributed by atoms with E-state index in [-0.39, 0.29) is 29.4 Å². The molecule has 30 heavy (non-hydrogen) atoms. The van der Waals surface area contributed by atoms with Crippen LogP contribution in [-0.2, 0) is 5.41 Å². The molecule has 0 spiro atoms. The summed E-state index contributed by atoms with van der Waals surface area (Å²) < 4.78 is 0. The predicted octanol–water partition coefficient (Wildman–Crippen LogP) is 4.38. The Morgan fingerprint density at radius 3 is 2.67 bits per heavy atom. The van der Waals surface area contributed by atoms with E-state index >= 15 is 0 Å². The quantitative estimate of drug-likeness (QED) is 0.750. The summed E-state index contributed by atoms with van der Waals surface area (Å²) in [7, 11) is 0. The Bertz CT molecular complexity index is 1110. The average Bonchev–Trinajstić information content (AvgIpc) is 3.38. The molecular weight excluding hydrogens is 396 g/mol. The number of hydrogen-bond acceptors (Lipinski definition) is 4. The third-order valence-corrected chi connectivity index (χ3v) is 7.31. The van der Waals surface area contributed by atoms with Crippen molar-refractivity contribution in [2.24, 2.45) is 0 Å². The van der Waals surface area contributed by atoms with Gasteiger partial charge in [-0.25, -0.2) is 0 Å². The molecule has 2 aliphatic heterocycles. The molecule has 0 unspecified atom stereocenters. The number of fused-ring (bicyclic) bond motifs is 2. The summed E-state index contributed by atoms with van der Waals surface area (Å²) in [6, 6.07) is 16.1. The molecule has 1 aliphatic carbocycles. The van der Waals surface area contributed by atoms with Gasteiger partial charge >= 0.3 is 0 Å². The molecule has 6 heteroatoms. The van der Waals surface area contributed by atoms with Crippen LogP contribution in [0.1, 0.15) is 48.0 Å². The Balaban J connectivity index is 1.41. The zero-order valence-corrected chi connectivity index (χ0v) is 17.2. The normalized spacial score (nSPS) is 25.4. The predicted molar refractivity (Wildman–Crippen MR) is 114 cm³/mol. The monoisotopic (exact) mass is 416 g/mol. The molecule has 3 aliphatic rings. The standard InChI is InChI=1S/C24H21ClN4O/c25-22-18(15-3-1-4-16(11-15)24(13-26)9-10-24)5-2-6-19(22)23(30)28-20-12-17-7-8-21(20)29(17)14-27/h1-6,11,17,20-21H,7-10,12H2,(H,28,30)/t17-,20+,21+/m0/s1. The number of carbonyl (C=O) groups excluding carboxylic acids is 1. The summed E-state index contributed by atoms with van der Waals surface area (Å²) in [5.41, 5.74) is 2.77. The van der Waals surface area contributed by atoms with E-state index in [1.54, 1.807) is 6.07 Å². The first-order valence-corrected chi connectivity index (χ1v) is 10.7. The van der Waals surface area contributed by atoms with E-state index in [2.05, 4.69) is 17.6 Å². The van der Waals surface area contributed by atoms with Crippen LogP contribution in [0.3, 0.4) is 0 Å². The van der Waals surface area contributed by atoms with Gasteiger partial charge in [-0.3, -0.25) is 4.79 Å². The maximum atomic E-state index is 13.0. The number of amides is 1. The summed E-state index contributed by atoms with van der Waals surface area (Å²) in [5, 5.41) is 22.4. The largest absolute Gasteiger partial charge is 0.347 e. The lowest BCUT2D eigenvalue weighted by Gasteiger charge is -2.22. The molecule has 2 heterocycles. The zero-order chi connectivity index (χ0) is 20.9. The van der Waals surface area contributed by atoms with E-state index in [1.807, 2.05) is 41.3 Å². The van der Waals surface area contributed by atoms with Crippen LogP contribution in [0.5, 0.6) is 0 Å². The molecule has 5 nitrogen and oxygen atoms in total. The highest BCUT2D eigenvalue weighted by molar-refractivity contribution is 6.36. The molecular formula is C24H21ClN4O. The van der Waals surface area contributed by atoms with E-state index in [1.165, 1.54) is 0 Å². The van der Waals surface area contributed by atoms with Crippen LogP contribution in [0, 0.1) is 22.8 Å². The van der Waals surface area contributed by atoms with E-state index in [4.69, 9.17) is 11.6 Å². The van der Waals surface area contributed by atoms with Crippen LogP contribution >= 0.6 is 11.6 Å². The highest BCUT2D eigenvalue weighted by atomic mass is 35.5. The molecule has 2 bridgehead atoms. The van der Waals surface area contributed by atoms with Crippen molar-refractivity contribution < 1.29 is 4.79 Å². The molecule has 0 radical (unpaired) electrons. The van der Waals surface area contributed by atoms with Gasteiger partial charge in [0.1, 0.15) is 0 Å². The van der Waals surface area contributed by atoms with Gasteiger partial charge in [0, 0.05) is 11.6 Å². The Hall–Kier alpha value is -3.02. The summed E-state index contributed by atoms with van der Waals surface area (Å²) in [6.45, 7) is 0. The zero-order valence-electron chi connectivity index (χ0n) is 16.4. The smallest absolute Gasteiger partial charge is 0.253 e. The van der Waals surface area contributed by atoms with Gasteiger partial charge in [-0.05, 0) is 55.4 Å². The lowest BCUT2D eigenvalue weighted by molar-refractivity contribution is 0.0928. The van der Waals surface area contributed by atoms with Crippen molar-refractivity contribution >= 4 is 17.5 Å². The van der Waals surface area contributed by atoms with Gasteiger partial charge in [0.2, 0.25) is 0 Å². The van der Waals surface area contributed by atoms with E-state index in [0.717, 1.165) is 48.8 Å². The van der Waals surface area contributed by atoms with Gasteiger partial charge in [0.25, 0.3) is 5.91 Å². The fourth-order valence-electron chi connectivity index (χ4n) is 5.05. The maximum absolute atomic E-state index is 13.0. The third kappa shape index (κ3) is 2.93. The van der Waals surface area contributed by atoms with Gasteiger partial charge < -0.3 is 10.2 Å². The molecule has 2 saturated heterocycles. The van der Waals surface area contributed by atoms with E-state index in [9.17, 15) is 15.3 Å². The Morgan fingerprint density at radius 2 is 1.97 bits per heavy atom. The maximum Gasteiger partial charge on any atom is 0.253 e. The third-order valence-electron chi connectivity index (χ3n) is 6.90. The van der Waals surface area contributed by atoms with Gasteiger partial charge in [0.05, 0.1) is 34.2 Å². The van der Waals surface area contributed by atoms with Crippen molar-refractivity contribution in [1.29, 1.82) is 10.5 Å². The SMILES string of the molecule is N#CN1[C@H]2CC[C@@H]1[C@H](NC(=O)c1cccc(-c3cccc(C4(C#N)CC4)c3)c1Cl)C2. The van der Waals surface area contributed by atoms with E-state index in [0.29, 0.717) is 10.6 Å². The van der Waals surface area contributed by atoms with Crippen molar-refractivity contribution in [3.05, 3.63) is 58.6 Å². The van der Waals surface area contributed by atoms with Crippen LogP contribution < -0.4 is 5.32 Å². The number of carbonyl (C=O) groups is 1. The van der Waals surface area contributed by atoms with Gasteiger partial charge in [-0.1, -0.05) is 41.9 Å². The summed E-state index contributed by atoms with van der Waals surface area (Å²) in [5.74, 6) is -0.205. The van der Waals surface area contributed by atoms with Gasteiger partial charge in [-0.15, -0.1) is 0 Å². The number of hydrogen-bond donors (Lipinski definition) is 1. The molecule has 3 atom stereocenters. The van der Waals surface area contributed by atoms with Crippen LogP contribution in [0.25, 0.3) is 11.1 Å². The number of benzene rings is 2. The first kappa shape index (κ1) is 19.0. The van der Waals surface area contributed by atoms with Crippen molar-refractivity contribution in [1.82, 2.24) is 10.2 Å². The second-order valence-corrected chi connectivity index (χ2v) is 8.94. The lowest BCUT2D eigenvalue weighted by atomic mass is 9.93. The lowest BCUT2D eigenvalue weighted by Crippen LogP contribution is -2.43. The molecule has 1 N–H and O–H groups in total. The van der Waals surface area contributed by atoms with Crippen LogP contribution in [0.2, 0.25) is 5.02 Å². The average molecular weight is 417 g/mol. The fraction of sp³-hybridized carbons (Fsp3) is 0.375. The first-order chi connectivity index (χ1) is 14.6. The molecule has 1 saturated carbocycles. The topological polar surface area (TPSA) is 79.9 Å². The summed E-state index contributed by atoms with van der Waals surface area (Å²) >= 11 is 6.69. The van der Waals surface area contributed by atoms with Crippen molar-refractivity contribution in [2.45, 2.75) is 55.6 Å². The molecule has 5 rings (SSSR count). The highest BCUT2D eigenvalue weighted by Gasteiger charge is 2.47. The summed E-state index contributed by atoms with van der Waals surface area (Å²) in [6.07, 6.45) is 6.79. The Kier molecular flexibility index (Phi) is 4.45. The minimum Gasteiger partial charge on any atom is -0.347 e. The second-order valence-electron chi connectivity index (χ2n) is 8.56. The van der Waals surface area contributed by atoms with Gasteiger partial charge in [-0.2, -0.15) is 10.5 Å². The minimum absolute atomic E-state index is 0.0238. The van der Waals surface area contributed by atoms with Crippen molar-refractivity contribution in [3.8, 4) is 23.4 Å². The van der Waals surface area contributed by atoms with Crippen LogP contribution in [0.4, 0.5) is 0 Å². The van der Waals surface area contributed by atoms with Crippen LogP contribution in [0.15, 0.2) is 42.5 Å². The molecule has 2 aromatic carbocycles. The van der Waals surface area contributed by atoms with Gasteiger partial charge in [0.15, 0.2) is 6.19 Å². The molecule has 1 amide bonds. The highest BCUT2D eigenvalue weighted by Crippen LogP contribution is 2.48. The van der Waals surface area contributed by atoms with Crippen molar-refractivity contribution in [3.63, 3.8) is 0 Å².